The summed E-state index contributed by atoms with van der Waals surface area (Å²) in [6, 6.07) is 0.121. The highest BCUT2D eigenvalue weighted by atomic mass is 16.5. The molecule has 0 saturated heterocycles. The Morgan fingerprint density at radius 2 is 2.14 bits per heavy atom. The van der Waals surface area contributed by atoms with Crippen LogP contribution in [0, 0.1) is 0 Å². The zero-order chi connectivity index (χ0) is 10.2. The summed E-state index contributed by atoms with van der Waals surface area (Å²) in [5.74, 6) is 0. The Labute approximate surface area is 86.8 Å². The minimum absolute atomic E-state index is 0.121. The summed E-state index contributed by atoms with van der Waals surface area (Å²) in [5.41, 5.74) is 0. The van der Waals surface area contributed by atoms with Crippen LogP contribution in [-0.2, 0) is 4.74 Å². The quantitative estimate of drug-likeness (QED) is 0.652. The summed E-state index contributed by atoms with van der Waals surface area (Å²) in [6.07, 6.45) is 6.55. The molecule has 0 aromatic rings. The predicted molar refractivity (Wildman–Crippen MR) is 57.4 cm³/mol. The van der Waals surface area contributed by atoms with Crippen LogP contribution in [0.2, 0.25) is 0 Å². The van der Waals surface area contributed by atoms with E-state index in [1.165, 1.54) is 25.7 Å². The number of rotatable bonds is 7. The molecule has 1 unspecified atom stereocenters. The van der Waals surface area contributed by atoms with Gasteiger partial charge in [-0.2, -0.15) is 0 Å². The van der Waals surface area contributed by atoms with E-state index in [1.54, 1.807) is 0 Å². The first-order valence-corrected chi connectivity index (χ1v) is 5.82. The average molecular weight is 201 g/mol. The van der Waals surface area contributed by atoms with Crippen molar-refractivity contribution in [1.29, 1.82) is 0 Å². The first kappa shape index (κ1) is 12.0. The molecule has 0 bridgehead atoms. The molecule has 2 N–H and O–H groups in total. The van der Waals surface area contributed by atoms with Gasteiger partial charge in [-0.1, -0.05) is 19.8 Å². The molecule has 1 aliphatic carbocycles. The predicted octanol–water partition coefficient (Wildman–Crippen LogP) is 1.31. The van der Waals surface area contributed by atoms with E-state index in [0.29, 0.717) is 12.7 Å². The van der Waals surface area contributed by atoms with Crippen LogP contribution in [0.15, 0.2) is 0 Å². The van der Waals surface area contributed by atoms with Crippen molar-refractivity contribution in [2.45, 2.75) is 51.2 Å². The fourth-order valence-electron chi connectivity index (χ4n) is 1.83. The minimum atomic E-state index is 0.121. The maximum Gasteiger partial charge on any atom is 0.0645 e. The Hall–Kier alpha value is -0.120. The van der Waals surface area contributed by atoms with Crippen LogP contribution >= 0.6 is 0 Å². The van der Waals surface area contributed by atoms with Crippen LogP contribution < -0.4 is 5.32 Å². The van der Waals surface area contributed by atoms with Gasteiger partial charge in [0.05, 0.1) is 25.4 Å². The van der Waals surface area contributed by atoms with E-state index in [0.717, 1.165) is 13.0 Å². The number of ether oxygens (including phenoxy) is 1. The summed E-state index contributed by atoms with van der Waals surface area (Å²) in [4.78, 5) is 0. The first-order valence-electron chi connectivity index (χ1n) is 5.82. The second kappa shape index (κ2) is 7.21. The molecule has 1 atom stereocenters. The highest BCUT2D eigenvalue weighted by Crippen LogP contribution is 2.20. The van der Waals surface area contributed by atoms with Gasteiger partial charge < -0.3 is 15.2 Å². The number of hydrogen-bond donors (Lipinski definition) is 2. The molecule has 0 aromatic carbocycles. The van der Waals surface area contributed by atoms with Gasteiger partial charge in [0.2, 0.25) is 0 Å². The third-order valence-electron chi connectivity index (χ3n) is 2.74. The van der Waals surface area contributed by atoms with Crippen molar-refractivity contribution in [1.82, 2.24) is 5.32 Å². The topological polar surface area (TPSA) is 41.5 Å². The lowest BCUT2D eigenvalue weighted by molar-refractivity contribution is 0.0313. The number of aliphatic hydroxyl groups is 1. The van der Waals surface area contributed by atoms with Crippen LogP contribution in [0.3, 0.4) is 0 Å². The Balaban J connectivity index is 2.06. The van der Waals surface area contributed by atoms with E-state index >= 15 is 0 Å². The molecule has 14 heavy (non-hydrogen) atoms. The van der Waals surface area contributed by atoms with Crippen LogP contribution in [0.5, 0.6) is 0 Å². The molecular formula is C11H23NO2. The van der Waals surface area contributed by atoms with Crippen molar-refractivity contribution < 1.29 is 9.84 Å². The van der Waals surface area contributed by atoms with Gasteiger partial charge >= 0.3 is 0 Å². The van der Waals surface area contributed by atoms with Crippen LogP contribution in [-0.4, -0.2) is 37.0 Å². The monoisotopic (exact) mass is 201 g/mol. The second-order valence-corrected chi connectivity index (χ2v) is 4.07. The Morgan fingerprint density at radius 3 is 2.71 bits per heavy atom. The standard InChI is InChI=1S/C11H23NO2/c1-2-7-12-10(8-13)9-14-11-5-3-4-6-11/h10-13H,2-9H2,1H3. The number of hydrogen-bond acceptors (Lipinski definition) is 3. The molecule has 1 fully saturated rings. The lowest BCUT2D eigenvalue weighted by Gasteiger charge is -2.18. The fraction of sp³-hybridized carbons (Fsp3) is 1.00. The number of aliphatic hydroxyl groups excluding tert-OH is 1. The van der Waals surface area contributed by atoms with Gasteiger partial charge in [-0.15, -0.1) is 0 Å². The second-order valence-electron chi connectivity index (χ2n) is 4.07. The van der Waals surface area contributed by atoms with Crippen LogP contribution in [0.1, 0.15) is 39.0 Å². The summed E-state index contributed by atoms with van der Waals surface area (Å²) in [7, 11) is 0. The summed E-state index contributed by atoms with van der Waals surface area (Å²) < 4.78 is 5.73. The Kier molecular flexibility index (Phi) is 6.15. The van der Waals surface area contributed by atoms with Crippen molar-refractivity contribution in [2.75, 3.05) is 19.8 Å². The minimum Gasteiger partial charge on any atom is -0.395 e. The average Bonchev–Trinajstić information content (AvgIpc) is 2.71. The molecular weight excluding hydrogens is 178 g/mol. The van der Waals surface area contributed by atoms with E-state index in [2.05, 4.69) is 12.2 Å². The molecule has 0 spiro atoms. The van der Waals surface area contributed by atoms with Gasteiger partial charge in [-0.25, -0.2) is 0 Å². The molecule has 0 aliphatic heterocycles. The molecule has 0 heterocycles. The molecule has 1 aliphatic rings. The summed E-state index contributed by atoms with van der Waals surface area (Å²) in [5, 5.41) is 12.4. The molecule has 3 heteroatoms. The van der Waals surface area contributed by atoms with Crippen LogP contribution in [0.25, 0.3) is 0 Å². The Morgan fingerprint density at radius 1 is 1.43 bits per heavy atom. The normalized spacial score (nSPS) is 20.1. The molecule has 1 saturated carbocycles. The summed E-state index contributed by atoms with van der Waals surface area (Å²) in [6.45, 7) is 3.91. The van der Waals surface area contributed by atoms with Gasteiger partial charge in [0.15, 0.2) is 0 Å². The fourth-order valence-corrected chi connectivity index (χ4v) is 1.83. The lowest BCUT2D eigenvalue weighted by atomic mass is 10.3. The summed E-state index contributed by atoms with van der Waals surface area (Å²) >= 11 is 0. The van der Waals surface area contributed by atoms with Gasteiger partial charge in [0.1, 0.15) is 0 Å². The van der Waals surface area contributed by atoms with E-state index in [1.807, 2.05) is 0 Å². The zero-order valence-electron chi connectivity index (χ0n) is 9.17. The SMILES string of the molecule is CCCNC(CO)COC1CCCC1. The van der Waals surface area contributed by atoms with Crippen LogP contribution in [0.4, 0.5) is 0 Å². The van der Waals surface area contributed by atoms with E-state index in [4.69, 9.17) is 9.84 Å². The van der Waals surface area contributed by atoms with Gasteiger partial charge in [-0.3, -0.25) is 0 Å². The lowest BCUT2D eigenvalue weighted by Crippen LogP contribution is -2.38. The molecule has 1 rings (SSSR count). The maximum absolute atomic E-state index is 9.08. The first-order chi connectivity index (χ1) is 6.86. The highest BCUT2D eigenvalue weighted by Gasteiger charge is 2.17. The van der Waals surface area contributed by atoms with Gasteiger partial charge in [0.25, 0.3) is 0 Å². The smallest absolute Gasteiger partial charge is 0.0645 e. The molecule has 0 amide bonds. The maximum atomic E-state index is 9.08. The molecule has 84 valence electrons. The third-order valence-corrected chi connectivity index (χ3v) is 2.74. The van der Waals surface area contributed by atoms with Gasteiger partial charge in [0, 0.05) is 0 Å². The largest absolute Gasteiger partial charge is 0.395 e. The zero-order valence-corrected chi connectivity index (χ0v) is 9.17. The number of nitrogens with one attached hydrogen (secondary N) is 1. The van der Waals surface area contributed by atoms with Gasteiger partial charge in [-0.05, 0) is 25.8 Å². The molecule has 3 nitrogen and oxygen atoms in total. The molecule has 0 radical (unpaired) electrons. The third kappa shape index (κ3) is 4.40. The van der Waals surface area contributed by atoms with E-state index in [9.17, 15) is 0 Å². The van der Waals surface area contributed by atoms with E-state index in [-0.39, 0.29) is 12.6 Å². The highest BCUT2D eigenvalue weighted by molar-refractivity contribution is 4.70. The van der Waals surface area contributed by atoms with Crippen molar-refractivity contribution in [3.8, 4) is 0 Å². The van der Waals surface area contributed by atoms with Crippen molar-refractivity contribution in [2.24, 2.45) is 0 Å². The van der Waals surface area contributed by atoms with E-state index < -0.39 is 0 Å². The Bertz CT molecular complexity index is 135. The van der Waals surface area contributed by atoms with Crippen molar-refractivity contribution in [3.63, 3.8) is 0 Å². The molecule has 0 aromatic heterocycles. The van der Waals surface area contributed by atoms with Crippen molar-refractivity contribution >= 4 is 0 Å². The van der Waals surface area contributed by atoms with Crippen molar-refractivity contribution in [3.05, 3.63) is 0 Å².